The molecule has 0 amide bonds. The molecule has 3 nitrogen and oxygen atoms in total. The fourth-order valence-corrected chi connectivity index (χ4v) is 1.60. The highest BCUT2D eigenvalue weighted by molar-refractivity contribution is 5.95. The minimum Gasteiger partial charge on any atom is -0.438 e. The van der Waals surface area contributed by atoms with Gasteiger partial charge in [-0.15, -0.1) is 0 Å². The van der Waals surface area contributed by atoms with Crippen LogP contribution >= 0.6 is 0 Å². The van der Waals surface area contributed by atoms with Crippen molar-refractivity contribution < 1.29 is 4.42 Å². The molecule has 16 heavy (non-hydrogen) atoms. The second-order valence-electron chi connectivity index (χ2n) is 3.84. The molecule has 0 spiro atoms. The number of benzene rings is 1. The number of anilines is 1. The molecule has 3 heteroatoms. The van der Waals surface area contributed by atoms with E-state index in [1.54, 1.807) is 6.08 Å². The highest BCUT2D eigenvalue weighted by Gasteiger charge is 2.10. The smallest absolute Gasteiger partial charge is 0.227 e. The molecule has 0 bridgehead atoms. The molecule has 82 valence electrons. The zero-order valence-corrected chi connectivity index (χ0v) is 9.45. The molecular formula is C13H14N2O. The molecule has 0 saturated heterocycles. The summed E-state index contributed by atoms with van der Waals surface area (Å²) in [5.41, 5.74) is 9.07. The average Bonchev–Trinajstić information content (AvgIpc) is 2.53. The first-order valence-corrected chi connectivity index (χ1v) is 5.08. The van der Waals surface area contributed by atoms with Crippen molar-refractivity contribution in [1.82, 2.24) is 0 Å². The van der Waals surface area contributed by atoms with Gasteiger partial charge in [0.25, 0.3) is 0 Å². The van der Waals surface area contributed by atoms with Crippen molar-refractivity contribution in [2.75, 3.05) is 5.73 Å². The Morgan fingerprint density at radius 2 is 2.19 bits per heavy atom. The topological polar surface area (TPSA) is 51.5 Å². The second kappa shape index (κ2) is 3.85. The van der Waals surface area contributed by atoms with Crippen LogP contribution in [0.3, 0.4) is 0 Å². The van der Waals surface area contributed by atoms with Crippen molar-refractivity contribution in [2.24, 2.45) is 4.99 Å². The van der Waals surface area contributed by atoms with Gasteiger partial charge in [-0.1, -0.05) is 12.7 Å². The van der Waals surface area contributed by atoms with Crippen LogP contribution in [0.4, 0.5) is 11.6 Å². The lowest BCUT2D eigenvalue weighted by molar-refractivity contribution is 0.625. The molecule has 1 aromatic heterocycles. The molecule has 0 aliphatic carbocycles. The summed E-state index contributed by atoms with van der Waals surface area (Å²) in [7, 11) is 0. The van der Waals surface area contributed by atoms with E-state index in [9.17, 15) is 0 Å². The molecule has 1 heterocycles. The van der Waals surface area contributed by atoms with Gasteiger partial charge in [0.1, 0.15) is 5.58 Å². The third kappa shape index (κ3) is 1.72. The first-order valence-electron chi connectivity index (χ1n) is 5.08. The van der Waals surface area contributed by atoms with Crippen LogP contribution in [-0.4, -0.2) is 5.71 Å². The van der Waals surface area contributed by atoms with Crippen LogP contribution in [0.15, 0.2) is 34.2 Å². The molecule has 0 radical (unpaired) electrons. The number of fused-ring (bicyclic) bond motifs is 1. The Morgan fingerprint density at radius 1 is 1.44 bits per heavy atom. The molecule has 1 aromatic carbocycles. The summed E-state index contributed by atoms with van der Waals surface area (Å²) in [6.45, 7) is 7.63. The van der Waals surface area contributed by atoms with Gasteiger partial charge in [-0.2, -0.15) is 0 Å². The molecule has 0 aliphatic rings. The Hall–Kier alpha value is -2.03. The molecule has 0 fully saturated rings. The largest absolute Gasteiger partial charge is 0.438 e. The van der Waals surface area contributed by atoms with Gasteiger partial charge in [0.15, 0.2) is 0 Å². The second-order valence-corrected chi connectivity index (χ2v) is 3.84. The van der Waals surface area contributed by atoms with E-state index in [1.807, 2.05) is 32.0 Å². The van der Waals surface area contributed by atoms with Gasteiger partial charge in [0, 0.05) is 22.3 Å². The highest BCUT2D eigenvalue weighted by Crippen LogP contribution is 2.34. The maximum absolute atomic E-state index is 5.75. The first-order chi connectivity index (χ1) is 7.61. The summed E-state index contributed by atoms with van der Waals surface area (Å²) in [6, 6.07) is 5.53. The average molecular weight is 214 g/mol. The van der Waals surface area contributed by atoms with Gasteiger partial charge in [0.05, 0.1) is 0 Å². The van der Waals surface area contributed by atoms with Crippen molar-refractivity contribution in [3.8, 4) is 0 Å². The Labute approximate surface area is 94.3 Å². The molecule has 2 rings (SSSR count). The number of rotatable bonds is 2. The monoisotopic (exact) mass is 214 g/mol. The summed E-state index contributed by atoms with van der Waals surface area (Å²) >= 11 is 0. The lowest BCUT2D eigenvalue weighted by atomic mass is 10.1. The molecular weight excluding hydrogens is 200 g/mol. The number of furan rings is 1. The van der Waals surface area contributed by atoms with E-state index in [0.29, 0.717) is 11.6 Å². The van der Waals surface area contributed by atoms with Crippen LogP contribution in [0.25, 0.3) is 17.0 Å². The zero-order valence-electron chi connectivity index (χ0n) is 9.45. The van der Waals surface area contributed by atoms with Gasteiger partial charge < -0.3 is 10.2 Å². The summed E-state index contributed by atoms with van der Waals surface area (Å²) in [5, 5.41) is 0.954. The van der Waals surface area contributed by atoms with Crippen molar-refractivity contribution in [3.63, 3.8) is 0 Å². The zero-order chi connectivity index (χ0) is 11.7. The van der Waals surface area contributed by atoms with Gasteiger partial charge in [-0.3, -0.25) is 0 Å². The molecule has 2 N–H and O–H groups in total. The quantitative estimate of drug-likeness (QED) is 0.611. The highest BCUT2D eigenvalue weighted by atomic mass is 16.3. The third-order valence-electron chi connectivity index (χ3n) is 2.26. The molecule has 0 saturated carbocycles. The van der Waals surface area contributed by atoms with E-state index < -0.39 is 0 Å². The van der Waals surface area contributed by atoms with E-state index >= 15 is 0 Å². The van der Waals surface area contributed by atoms with E-state index in [2.05, 4.69) is 11.6 Å². The third-order valence-corrected chi connectivity index (χ3v) is 2.26. The molecule has 2 aromatic rings. The predicted octanol–water partition coefficient (Wildman–Crippen LogP) is 3.77. The Bertz CT molecular complexity index is 575. The van der Waals surface area contributed by atoms with Crippen molar-refractivity contribution >= 4 is 34.3 Å². The van der Waals surface area contributed by atoms with E-state index in [-0.39, 0.29) is 0 Å². The van der Waals surface area contributed by atoms with Gasteiger partial charge in [-0.25, -0.2) is 4.99 Å². The number of aliphatic imine (C=N–C) groups is 1. The summed E-state index contributed by atoms with van der Waals surface area (Å²) < 4.78 is 5.64. The Balaban J connectivity index is 2.76. The normalized spacial score (nSPS) is 10.4. The lowest BCUT2D eigenvalue weighted by Crippen LogP contribution is -1.82. The molecule has 0 unspecified atom stereocenters. The Morgan fingerprint density at radius 3 is 2.81 bits per heavy atom. The maximum Gasteiger partial charge on any atom is 0.227 e. The summed E-state index contributed by atoms with van der Waals surface area (Å²) in [6.07, 6.45) is 1.74. The minimum atomic E-state index is 0.593. The number of hydrogen-bond donors (Lipinski definition) is 1. The van der Waals surface area contributed by atoms with Crippen LogP contribution in [0.1, 0.15) is 19.4 Å². The van der Waals surface area contributed by atoms with Crippen LogP contribution in [0.2, 0.25) is 0 Å². The number of nitrogens with two attached hydrogens (primary N) is 1. The van der Waals surface area contributed by atoms with E-state index in [0.717, 1.165) is 22.2 Å². The fourth-order valence-electron chi connectivity index (χ4n) is 1.60. The van der Waals surface area contributed by atoms with Gasteiger partial charge in [-0.05, 0) is 32.0 Å². The fraction of sp³-hybridized carbons (Fsp3) is 0.154. The Kier molecular flexibility index (Phi) is 2.52. The van der Waals surface area contributed by atoms with Crippen LogP contribution in [0.5, 0.6) is 0 Å². The van der Waals surface area contributed by atoms with Gasteiger partial charge in [0.2, 0.25) is 5.88 Å². The predicted molar refractivity (Wildman–Crippen MR) is 69.2 cm³/mol. The number of nitrogen functional groups attached to an aromatic ring is 1. The van der Waals surface area contributed by atoms with Crippen molar-refractivity contribution in [3.05, 3.63) is 30.3 Å². The van der Waals surface area contributed by atoms with E-state index in [1.165, 1.54) is 0 Å². The standard InChI is InChI=1S/C13H14N2O/c1-4-10-11-7-9(14)5-6-12(11)16-13(10)15-8(2)3/h4-7H,1,14H2,2-3H3. The summed E-state index contributed by atoms with van der Waals surface area (Å²) in [5.74, 6) is 0.593. The number of nitrogens with zero attached hydrogens (tertiary/aromatic N) is 1. The van der Waals surface area contributed by atoms with Gasteiger partial charge >= 0.3 is 0 Å². The molecule has 0 aliphatic heterocycles. The van der Waals surface area contributed by atoms with Crippen molar-refractivity contribution in [2.45, 2.75) is 13.8 Å². The SMILES string of the molecule is C=Cc1c(N=C(C)C)oc2ccc(N)cc12. The first kappa shape index (κ1) is 10.5. The lowest BCUT2D eigenvalue weighted by Gasteiger charge is -1.93. The van der Waals surface area contributed by atoms with Crippen molar-refractivity contribution in [1.29, 1.82) is 0 Å². The minimum absolute atomic E-state index is 0.593. The number of hydrogen-bond acceptors (Lipinski definition) is 3. The maximum atomic E-state index is 5.75. The molecule has 0 atom stereocenters. The van der Waals surface area contributed by atoms with Crippen LogP contribution in [-0.2, 0) is 0 Å². The van der Waals surface area contributed by atoms with Crippen LogP contribution < -0.4 is 5.73 Å². The van der Waals surface area contributed by atoms with Crippen LogP contribution in [0, 0.1) is 0 Å². The van der Waals surface area contributed by atoms with E-state index in [4.69, 9.17) is 10.2 Å². The summed E-state index contributed by atoms with van der Waals surface area (Å²) in [4.78, 5) is 4.34.